The molecular weight excluding hydrogens is 289 g/mol. The zero-order chi connectivity index (χ0) is 14.8. The SMILES string of the molecule is CNCC(C)(F)c1ccc(S(=O)(=O)C(C)C)c(Cl)c1. The Labute approximate surface area is 119 Å². The Morgan fingerprint density at radius 2 is 2.00 bits per heavy atom. The predicted molar refractivity (Wildman–Crippen MR) is 76.2 cm³/mol. The summed E-state index contributed by atoms with van der Waals surface area (Å²) >= 11 is 6.00. The average Bonchev–Trinajstić information content (AvgIpc) is 2.28. The van der Waals surface area contributed by atoms with Crippen molar-refractivity contribution in [3.05, 3.63) is 28.8 Å². The standard InChI is InChI=1S/C13H19ClFNO2S/c1-9(2)19(17,18)12-6-5-10(7-11(12)14)13(3,15)8-16-4/h5-7,9,16H,8H2,1-4H3. The fourth-order valence-electron chi connectivity index (χ4n) is 1.74. The lowest BCUT2D eigenvalue weighted by molar-refractivity contribution is 0.190. The second kappa shape index (κ2) is 5.77. The van der Waals surface area contributed by atoms with Gasteiger partial charge in [0.25, 0.3) is 0 Å². The van der Waals surface area contributed by atoms with Gasteiger partial charge in [0.05, 0.1) is 15.2 Å². The van der Waals surface area contributed by atoms with E-state index < -0.39 is 20.8 Å². The first-order chi connectivity index (χ1) is 8.63. The lowest BCUT2D eigenvalue weighted by Gasteiger charge is -2.21. The molecule has 1 aromatic carbocycles. The summed E-state index contributed by atoms with van der Waals surface area (Å²) in [5, 5.41) is 2.25. The summed E-state index contributed by atoms with van der Waals surface area (Å²) in [6.07, 6.45) is 0. The van der Waals surface area contributed by atoms with Gasteiger partial charge >= 0.3 is 0 Å². The molecule has 0 aliphatic rings. The molecular formula is C13H19ClFNO2S. The van der Waals surface area contributed by atoms with Gasteiger partial charge in [0.1, 0.15) is 5.67 Å². The zero-order valence-corrected chi connectivity index (χ0v) is 13.1. The molecule has 6 heteroatoms. The van der Waals surface area contributed by atoms with E-state index in [9.17, 15) is 12.8 Å². The summed E-state index contributed by atoms with van der Waals surface area (Å²) < 4.78 is 38.4. The van der Waals surface area contributed by atoms with E-state index in [0.717, 1.165) is 0 Å². The third kappa shape index (κ3) is 3.46. The van der Waals surface area contributed by atoms with E-state index in [0.29, 0.717) is 5.56 Å². The van der Waals surface area contributed by atoms with Crippen molar-refractivity contribution in [2.45, 2.75) is 36.6 Å². The number of rotatable bonds is 5. The van der Waals surface area contributed by atoms with Gasteiger partial charge in [0.15, 0.2) is 9.84 Å². The number of hydrogen-bond acceptors (Lipinski definition) is 3. The van der Waals surface area contributed by atoms with E-state index in [-0.39, 0.29) is 16.5 Å². The summed E-state index contributed by atoms with van der Waals surface area (Å²) in [5.41, 5.74) is -1.24. The van der Waals surface area contributed by atoms with Crippen molar-refractivity contribution in [3.8, 4) is 0 Å². The molecule has 1 N–H and O–H groups in total. The molecule has 1 rings (SSSR count). The lowest BCUT2D eigenvalue weighted by atomic mass is 9.98. The summed E-state index contributed by atoms with van der Waals surface area (Å²) in [6, 6.07) is 4.23. The second-order valence-electron chi connectivity index (χ2n) is 4.97. The van der Waals surface area contributed by atoms with Gasteiger partial charge in [0, 0.05) is 6.54 Å². The topological polar surface area (TPSA) is 46.2 Å². The Morgan fingerprint density at radius 3 is 2.42 bits per heavy atom. The molecule has 0 saturated heterocycles. The number of alkyl halides is 1. The molecule has 0 bridgehead atoms. The van der Waals surface area contributed by atoms with E-state index in [4.69, 9.17) is 11.6 Å². The minimum Gasteiger partial charge on any atom is -0.316 e. The highest BCUT2D eigenvalue weighted by molar-refractivity contribution is 7.92. The van der Waals surface area contributed by atoms with E-state index in [1.54, 1.807) is 20.9 Å². The smallest absolute Gasteiger partial charge is 0.182 e. The average molecular weight is 308 g/mol. The number of benzene rings is 1. The Kier molecular flexibility index (Phi) is 4.98. The van der Waals surface area contributed by atoms with E-state index in [1.165, 1.54) is 25.1 Å². The summed E-state index contributed by atoms with van der Waals surface area (Å²) in [4.78, 5) is 0.0492. The molecule has 0 radical (unpaired) electrons. The van der Waals surface area contributed by atoms with Crippen LogP contribution in [-0.2, 0) is 15.5 Å². The first-order valence-corrected chi connectivity index (χ1v) is 7.93. The Balaban J connectivity index is 3.26. The van der Waals surface area contributed by atoms with Crippen molar-refractivity contribution >= 4 is 21.4 Å². The van der Waals surface area contributed by atoms with Gasteiger partial charge in [0.2, 0.25) is 0 Å². The van der Waals surface area contributed by atoms with Crippen molar-refractivity contribution in [1.29, 1.82) is 0 Å². The van der Waals surface area contributed by atoms with Crippen LogP contribution in [0.5, 0.6) is 0 Å². The fourth-order valence-corrected chi connectivity index (χ4v) is 3.34. The van der Waals surface area contributed by atoms with Crippen molar-refractivity contribution in [1.82, 2.24) is 5.32 Å². The second-order valence-corrected chi connectivity index (χ2v) is 7.85. The van der Waals surface area contributed by atoms with E-state index >= 15 is 0 Å². The third-order valence-electron chi connectivity index (χ3n) is 2.97. The van der Waals surface area contributed by atoms with Crippen LogP contribution in [0.1, 0.15) is 26.3 Å². The van der Waals surface area contributed by atoms with Crippen LogP contribution in [0.15, 0.2) is 23.1 Å². The predicted octanol–water partition coefficient (Wildman–Crippen LogP) is 2.93. The third-order valence-corrected chi connectivity index (χ3v) is 5.60. The number of halogens is 2. The van der Waals surface area contributed by atoms with Crippen LogP contribution >= 0.6 is 11.6 Å². The van der Waals surface area contributed by atoms with Gasteiger partial charge in [-0.2, -0.15) is 0 Å². The largest absolute Gasteiger partial charge is 0.316 e. The molecule has 108 valence electrons. The molecule has 0 aliphatic carbocycles. The van der Waals surface area contributed by atoms with Crippen LogP contribution in [0.25, 0.3) is 0 Å². The normalized spacial score (nSPS) is 15.5. The maximum Gasteiger partial charge on any atom is 0.182 e. The molecule has 0 heterocycles. The summed E-state index contributed by atoms with van der Waals surface area (Å²) in [7, 11) is -1.80. The summed E-state index contributed by atoms with van der Waals surface area (Å²) in [5.74, 6) is 0. The van der Waals surface area contributed by atoms with Crippen LogP contribution in [-0.4, -0.2) is 27.3 Å². The van der Waals surface area contributed by atoms with Crippen LogP contribution < -0.4 is 5.32 Å². The van der Waals surface area contributed by atoms with Crippen molar-refractivity contribution in [2.75, 3.05) is 13.6 Å². The van der Waals surface area contributed by atoms with Gasteiger partial charge in [-0.1, -0.05) is 17.7 Å². The number of sulfone groups is 1. The highest BCUT2D eigenvalue weighted by atomic mass is 35.5. The number of hydrogen-bond donors (Lipinski definition) is 1. The molecule has 3 nitrogen and oxygen atoms in total. The Morgan fingerprint density at radius 1 is 1.42 bits per heavy atom. The van der Waals surface area contributed by atoms with Crippen LogP contribution in [0.4, 0.5) is 4.39 Å². The first kappa shape index (κ1) is 16.4. The molecule has 0 spiro atoms. The monoisotopic (exact) mass is 307 g/mol. The minimum absolute atomic E-state index is 0.0492. The van der Waals surface area contributed by atoms with Crippen LogP contribution in [0, 0.1) is 0 Å². The van der Waals surface area contributed by atoms with Gasteiger partial charge in [-0.25, -0.2) is 12.8 Å². The van der Waals surface area contributed by atoms with Crippen molar-refractivity contribution in [2.24, 2.45) is 0 Å². The van der Waals surface area contributed by atoms with E-state index in [2.05, 4.69) is 5.32 Å². The molecule has 1 aromatic rings. The van der Waals surface area contributed by atoms with Crippen LogP contribution in [0.2, 0.25) is 5.02 Å². The molecule has 0 saturated carbocycles. The van der Waals surface area contributed by atoms with Gasteiger partial charge in [-0.15, -0.1) is 0 Å². The molecule has 1 unspecified atom stereocenters. The summed E-state index contributed by atoms with van der Waals surface area (Å²) in [6.45, 7) is 4.71. The molecule has 0 aromatic heterocycles. The fraction of sp³-hybridized carbons (Fsp3) is 0.538. The van der Waals surface area contributed by atoms with Crippen molar-refractivity contribution < 1.29 is 12.8 Å². The highest BCUT2D eigenvalue weighted by Gasteiger charge is 2.28. The van der Waals surface area contributed by atoms with Gasteiger partial charge in [-0.3, -0.25) is 0 Å². The molecule has 0 aliphatic heterocycles. The number of likely N-dealkylation sites (N-methyl/N-ethyl adjacent to an activating group) is 1. The quantitative estimate of drug-likeness (QED) is 0.910. The molecule has 0 amide bonds. The minimum atomic E-state index is -3.45. The van der Waals surface area contributed by atoms with Crippen molar-refractivity contribution in [3.63, 3.8) is 0 Å². The molecule has 19 heavy (non-hydrogen) atoms. The molecule has 1 atom stereocenters. The molecule has 0 fully saturated rings. The zero-order valence-electron chi connectivity index (χ0n) is 11.5. The van der Waals surface area contributed by atoms with Gasteiger partial charge < -0.3 is 5.32 Å². The maximum absolute atomic E-state index is 14.3. The number of nitrogens with one attached hydrogen (secondary N) is 1. The highest BCUT2D eigenvalue weighted by Crippen LogP contribution is 2.31. The first-order valence-electron chi connectivity index (χ1n) is 6.00. The van der Waals surface area contributed by atoms with Crippen LogP contribution in [0.3, 0.4) is 0 Å². The maximum atomic E-state index is 14.3. The Hall–Kier alpha value is -0.650. The lowest BCUT2D eigenvalue weighted by Crippen LogP contribution is -2.29. The Bertz CT molecular complexity index is 556. The van der Waals surface area contributed by atoms with Gasteiger partial charge in [-0.05, 0) is 45.5 Å². The van der Waals surface area contributed by atoms with E-state index in [1.807, 2.05) is 0 Å².